The fourth-order valence-corrected chi connectivity index (χ4v) is 4.32. The number of hydrogen-bond donors (Lipinski definition) is 0. The molecule has 1 aliphatic heterocycles. The van der Waals surface area contributed by atoms with E-state index in [0.29, 0.717) is 0 Å². The average molecular weight is 392 g/mol. The summed E-state index contributed by atoms with van der Waals surface area (Å²) in [5.74, 6) is 1.88. The summed E-state index contributed by atoms with van der Waals surface area (Å²) in [6, 6.07) is 14.0. The van der Waals surface area contributed by atoms with Crippen molar-refractivity contribution in [1.29, 1.82) is 0 Å². The van der Waals surface area contributed by atoms with Crippen molar-refractivity contribution in [2.24, 2.45) is 0 Å². The normalized spacial score (nSPS) is 14.6. The minimum Gasteiger partial charge on any atom is -0.497 e. The van der Waals surface area contributed by atoms with Crippen LogP contribution < -0.4 is 14.5 Å². The second-order valence-corrected chi connectivity index (χ2v) is 7.56. The Kier molecular flexibility index (Phi) is 4.32. The Balaban J connectivity index is 1.30. The summed E-state index contributed by atoms with van der Waals surface area (Å²) in [6.45, 7) is 3.74. The Bertz CT molecular complexity index is 1040. The van der Waals surface area contributed by atoms with Gasteiger partial charge in [0.15, 0.2) is 0 Å². The summed E-state index contributed by atoms with van der Waals surface area (Å²) in [6.07, 6.45) is 3.83. The Hall–Kier alpha value is -3.13. The van der Waals surface area contributed by atoms with E-state index in [1.807, 2.05) is 53.3 Å². The van der Waals surface area contributed by atoms with Crippen LogP contribution in [0.5, 0.6) is 5.75 Å². The molecule has 1 fully saturated rings. The van der Waals surface area contributed by atoms with E-state index in [9.17, 15) is 0 Å². The van der Waals surface area contributed by atoms with E-state index in [2.05, 4.69) is 20.9 Å². The number of ether oxygens (including phenoxy) is 1. The van der Waals surface area contributed by atoms with Crippen molar-refractivity contribution in [2.45, 2.75) is 0 Å². The second-order valence-electron chi connectivity index (χ2n) is 6.63. The van der Waals surface area contributed by atoms with Crippen molar-refractivity contribution in [3.63, 3.8) is 0 Å². The van der Waals surface area contributed by atoms with Crippen molar-refractivity contribution >= 4 is 27.2 Å². The lowest BCUT2D eigenvalue weighted by atomic mass is 10.2. The third-order valence-corrected chi connectivity index (χ3v) is 5.93. The number of rotatable bonds is 4. The van der Waals surface area contributed by atoms with Crippen LogP contribution in [0.4, 0.5) is 10.9 Å². The number of aromatic nitrogens is 4. The molecule has 28 heavy (non-hydrogen) atoms. The van der Waals surface area contributed by atoms with Gasteiger partial charge in [0.2, 0.25) is 10.1 Å². The van der Waals surface area contributed by atoms with Crippen LogP contribution in [0, 0.1) is 0 Å². The lowest BCUT2D eigenvalue weighted by Gasteiger charge is -2.34. The highest BCUT2D eigenvalue weighted by molar-refractivity contribution is 7.20. The van der Waals surface area contributed by atoms with Gasteiger partial charge in [-0.3, -0.25) is 0 Å². The van der Waals surface area contributed by atoms with Gasteiger partial charge in [-0.25, -0.2) is 14.5 Å². The Morgan fingerprint density at radius 3 is 2.43 bits per heavy atom. The standard InChI is InChI=1S/C20H20N6OS/c1-27-16-7-5-15(6-8-16)17-14-26-19(22-17)28-20(23-26)25-12-10-24(11-13-25)18-4-2-3-9-21-18/h2-9,14H,10-13H2,1H3. The van der Waals surface area contributed by atoms with Crippen LogP contribution in [0.2, 0.25) is 0 Å². The van der Waals surface area contributed by atoms with E-state index < -0.39 is 0 Å². The molecule has 1 aromatic carbocycles. The maximum atomic E-state index is 5.22. The fourth-order valence-electron chi connectivity index (χ4n) is 3.39. The topological polar surface area (TPSA) is 58.8 Å². The van der Waals surface area contributed by atoms with Gasteiger partial charge < -0.3 is 14.5 Å². The third-order valence-electron chi connectivity index (χ3n) is 4.94. The number of methoxy groups -OCH3 is 1. The number of piperazine rings is 1. The van der Waals surface area contributed by atoms with Gasteiger partial charge in [0.25, 0.3) is 0 Å². The molecule has 4 heterocycles. The summed E-state index contributed by atoms with van der Waals surface area (Å²) in [5.41, 5.74) is 1.98. The highest BCUT2D eigenvalue weighted by atomic mass is 32.1. The summed E-state index contributed by atoms with van der Waals surface area (Å²) in [7, 11) is 1.67. The molecule has 0 spiro atoms. The fraction of sp³-hybridized carbons (Fsp3) is 0.250. The highest BCUT2D eigenvalue weighted by Gasteiger charge is 2.21. The molecule has 0 radical (unpaired) electrons. The zero-order valence-corrected chi connectivity index (χ0v) is 16.3. The first kappa shape index (κ1) is 17.0. The molecular weight excluding hydrogens is 372 g/mol. The van der Waals surface area contributed by atoms with E-state index in [-0.39, 0.29) is 0 Å². The molecule has 7 nitrogen and oxygen atoms in total. The van der Waals surface area contributed by atoms with Gasteiger partial charge in [-0.1, -0.05) is 17.4 Å². The molecule has 0 unspecified atom stereocenters. The lowest BCUT2D eigenvalue weighted by Crippen LogP contribution is -2.46. The van der Waals surface area contributed by atoms with Crippen LogP contribution in [0.15, 0.2) is 54.9 Å². The molecule has 0 bridgehead atoms. The van der Waals surface area contributed by atoms with Gasteiger partial charge in [0.1, 0.15) is 11.6 Å². The minimum absolute atomic E-state index is 0.843. The molecule has 4 aromatic rings. The molecule has 0 saturated carbocycles. The van der Waals surface area contributed by atoms with Gasteiger partial charge in [-0.05, 0) is 36.4 Å². The van der Waals surface area contributed by atoms with Crippen LogP contribution in [-0.2, 0) is 0 Å². The Morgan fingerprint density at radius 1 is 0.964 bits per heavy atom. The van der Waals surface area contributed by atoms with Crippen LogP contribution >= 0.6 is 11.3 Å². The van der Waals surface area contributed by atoms with E-state index in [1.165, 1.54) is 0 Å². The molecular formula is C20H20N6OS. The quantitative estimate of drug-likeness (QED) is 0.532. The van der Waals surface area contributed by atoms with Crippen LogP contribution in [0.3, 0.4) is 0 Å². The third kappa shape index (κ3) is 3.16. The highest BCUT2D eigenvalue weighted by Crippen LogP contribution is 2.28. The number of anilines is 2. The molecule has 1 aliphatic rings. The Morgan fingerprint density at radius 2 is 1.75 bits per heavy atom. The molecule has 0 amide bonds. The van der Waals surface area contributed by atoms with Gasteiger partial charge in [0, 0.05) is 37.9 Å². The van der Waals surface area contributed by atoms with Gasteiger partial charge >= 0.3 is 0 Å². The first-order valence-electron chi connectivity index (χ1n) is 9.22. The maximum Gasteiger partial charge on any atom is 0.214 e. The number of fused-ring (bicyclic) bond motifs is 1. The van der Waals surface area contributed by atoms with Crippen LogP contribution in [0.25, 0.3) is 16.2 Å². The average Bonchev–Trinajstić information content (AvgIpc) is 3.34. The van der Waals surface area contributed by atoms with E-state index >= 15 is 0 Å². The SMILES string of the molecule is COc1ccc(-c2cn3nc(N4CCN(c5ccccn5)CC4)sc3n2)cc1. The largest absolute Gasteiger partial charge is 0.497 e. The molecule has 5 rings (SSSR count). The zero-order chi connectivity index (χ0) is 18.9. The first-order chi connectivity index (χ1) is 13.8. The smallest absolute Gasteiger partial charge is 0.214 e. The summed E-state index contributed by atoms with van der Waals surface area (Å²) in [5, 5.41) is 5.77. The monoisotopic (exact) mass is 392 g/mol. The number of benzene rings is 1. The van der Waals surface area contributed by atoms with Gasteiger partial charge in [0.05, 0.1) is 19.0 Å². The zero-order valence-electron chi connectivity index (χ0n) is 15.5. The molecule has 142 valence electrons. The number of hydrogen-bond acceptors (Lipinski definition) is 7. The summed E-state index contributed by atoms with van der Waals surface area (Å²) in [4.78, 5) is 14.7. The minimum atomic E-state index is 0.843. The molecule has 3 aromatic heterocycles. The van der Waals surface area contributed by atoms with E-state index in [4.69, 9.17) is 14.8 Å². The molecule has 0 N–H and O–H groups in total. The second kappa shape index (κ2) is 7.12. The van der Waals surface area contributed by atoms with Crippen LogP contribution in [0.1, 0.15) is 0 Å². The van der Waals surface area contributed by atoms with E-state index in [1.54, 1.807) is 18.4 Å². The van der Waals surface area contributed by atoms with Crippen molar-refractivity contribution in [3.8, 4) is 17.0 Å². The molecule has 0 aliphatic carbocycles. The van der Waals surface area contributed by atoms with Crippen molar-refractivity contribution < 1.29 is 4.74 Å². The van der Waals surface area contributed by atoms with E-state index in [0.717, 1.165) is 59.1 Å². The number of nitrogens with zero attached hydrogens (tertiary/aromatic N) is 6. The van der Waals surface area contributed by atoms with Crippen molar-refractivity contribution in [3.05, 3.63) is 54.9 Å². The first-order valence-corrected chi connectivity index (χ1v) is 10.0. The summed E-state index contributed by atoms with van der Waals surface area (Å²) < 4.78 is 7.10. The predicted octanol–water partition coefficient (Wildman–Crippen LogP) is 3.19. The molecule has 1 saturated heterocycles. The van der Waals surface area contributed by atoms with Crippen LogP contribution in [-0.4, -0.2) is 52.9 Å². The number of pyridine rings is 1. The number of imidazole rings is 1. The van der Waals surface area contributed by atoms with Crippen molar-refractivity contribution in [2.75, 3.05) is 43.1 Å². The maximum absolute atomic E-state index is 5.22. The van der Waals surface area contributed by atoms with Gasteiger partial charge in [-0.2, -0.15) is 0 Å². The van der Waals surface area contributed by atoms with Crippen molar-refractivity contribution in [1.82, 2.24) is 19.6 Å². The molecule has 0 atom stereocenters. The predicted molar refractivity (Wildman–Crippen MR) is 112 cm³/mol. The van der Waals surface area contributed by atoms with Gasteiger partial charge in [-0.15, -0.1) is 5.10 Å². The molecule has 8 heteroatoms. The Labute approximate surface area is 166 Å². The lowest BCUT2D eigenvalue weighted by molar-refractivity contribution is 0.415. The summed E-state index contributed by atoms with van der Waals surface area (Å²) >= 11 is 1.63.